The Labute approximate surface area is 148 Å². The minimum atomic E-state index is -0.384. The molecule has 0 aromatic heterocycles. The predicted molar refractivity (Wildman–Crippen MR) is 98.2 cm³/mol. The lowest BCUT2D eigenvalue weighted by atomic mass is 9.84. The van der Waals surface area contributed by atoms with Crippen LogP contribution in [-0.4, -0.2) is 16.2 Å². The van der Waals surface area contributed by atoms with Gasteiger partial charge in [0.05, 0.1) is 4.92 Å². The highest BCUT2D eigenvalue weighted by molar-refractivity contribution is 5.98. The Morgan fingerprint density at radius 2 is 1.92 bits per heavy atom. The molecular formula is C20H26N2O3. The topological polar surface area (TPSA) is 72.2 Å². The number of nitro benzene ring substituents is 1. The van der Waals surface area contributed by atoms with Crippen molar-refractivity contribution in [1.82, 2.24) is 5.32 Å². The molecule has 5 heteroatoms. The van der Waals surface area contributed by atoms with Gasteiger partial charge in [0, 0.05) is 40.9 Å². The van der Waals surface area contributed by atoms with E-state index in [2.05, 4.69) is 19.2 Å². The van der Waals surface area contributed by atoms with E-state index < -0.39 is 0 Å². The lowest BCUT2D eigenvalue weighted by molar-refractivity contribution is -0.384. The van der Waals surface area contributed by atoms with Crippen LogP contribution < -0.4 is 5.32 Å². The minimum Gasteiger partial charge on any atom is -0.379 e. The Kier molecular flexibility index (Phi) is 4.93. The third-order valence-electron chi connectivity index (χ3n) is 5.24. The highest BCUT2D eigenvalue weighted by atomic mass is 16.6. The van der Waals surface area contributed by atoms with Gasteiger partial charge in [0.1, 0.15) is 0 Å². The van der Waals surface area contributed by atoms with Crippen molar-refractivity contribution in [2.24, 2.45) is 5.92 Å². The number of rotatable bonds is 3. The number of nitrogens with one attached hydrogen (secondary N) is 1. The molecule has 1 aliphatic carbocycles. The maximum atomic E-state index is 12.8. The Morgan fingerprint density at radius 1 is 1.24 bits per heavy atom. The van der Waals surface area contributed by atoms with Crippen LogP contribution in [0, 0.1) is 16.0 Å². The van der Waals surface area contributed by atoms with Crippen LogP contribution in [0.5, 0.6) is 0 Å². The van der Waals surface area contributed by atoms with Gasteiger partial charge in [-0.1, -0.05) is 31.7 Å². The van der Waals surface area contributed by atoms with Gasteiger partial charge in [0.25, 0.3) is 5.69 Å². The summed E-state index contributed by atoms with van der Waals surface area (Å²) in [5, 5.41) is 14.5. The molecule has 0 saturated heterocycles. The summed E-state index contributed by atoms with van der Waals surface area (Å²) in [5.74, 6) is 0.239. The van der Waals surface area contributed by atoms with Crippen LogP contribution in [0.3, 0.4) is 0 Å². The van der Waals surface area contributed by atoms with Crippen LogP contribution in [0.15, 0.2) is 24.3 Å². The molecule has 0 bridgehead atoms. The second-order valence-corrected chi connectivity index (χ2v) is 7.93. The number of fused-ring (bicyclic) bond motifs is 1. The van der Waals surface area contributed by atoms with E-state index in [9.17, 15) is 14.9 Å². The van der Waals surface area contributed by atoms with E-state index in [1.54, 1.807) is 18.2 Å². The number of non-ortho nitro benzene ring substituents is 1. The number of carbonyl (C=O) groups is 1. The van der Waals surface area contributed by atoms with Crippen molar-refractivity contribution >= 4 is 17.2 Å². The van der Waals surface area contributed by atoms with E-state index >= 15 is 0 Å². The molecule has 1 fully saturated rings. The molecule has 1 saturated carbocycles. The van der Waals surface area contributed by atoms with Crippen molar-refractivity contribution in [3.8, 4) is 0 Å². The molecule has 1 heterocycles. The molecule has 3 rings (SSSR count). The molecule has 0 spiro atoms. The molecule has 1 aliphatic heterocycles. The molecule has 25 heavy (non-hydrogen) atoms. The maximum absolute atomic E-state index is 12.8. The lowest BCUT2D eigenvalue weighted by Crippen LogP contribution is -2.44. The second kappa shape index (κ2) is 6.98. The molecular weight excluding hydrogens is 316 g/mol. The summed E-state index contributed by atoms with van der Waals surface area (Å²) in [6.45, 7) is 4.17. The zero-order chi connectivity index (χ0) is 18.0. The number of ketones is 1. The summed E-state index contributed by atoms with van der Waals surface area (Å²) < 4.78 is 0. The van der Waals surface area contributed by atoms with Gasteiger partial charge in [-0.05, 0) is 38.7 Å². The number of carbonyl (C=O) groups excluding carboxylic acids is 1. The molecule has 1 aromatic carbocycles. The molecule has 5 nitrogen and oxygen atoms in total. The van der Waals surface area contributed by atoms with E-state index in [-0.39, 0.29) is 27.9 Å². The van der Waals surface area contributed by atoms with Crippen molar-refractivity contribution in [3.63, 3.8) is 0 Å². The Bertz CT molecular complexity index is 714. The average molecular weight is 342 g/mol. The zero-order valence-electron chi connectivity index (χ0n) is 15.0. The number of hydrogen-bond donors (Lipinski definition) is 1. The van der Waals surface area contributed by atoms with Gasteiger partial charge in [-0.15, -0.1) is 0 Å². The largest absolute Gasteiger partial charge is 0.379 e. The van der Waals surface area contributed by atoms with Crippen LogP contribution in [0.25, 0.3) is 5.70 Å². The summed E-state index contributed by atoms with van der Waals surface area (Å²) in [5.41, 5.74) is 2.45. The highest BCUT2D eigenvalue weighted by Gasteiger charge is 2.30. The van der Waals surface area contributed by atoms with Crippen molar-refractivity contribution in [2.45, 2.75) is 64.3 Å². The maximum Gasteiger partial charge on any atom is 0.270 e. The van der Waals surface area contributed by atoms with Crippen LogP contribution in [-0.2, 0) is 11.2 Å². The van der Waals surface area contributed by atoms with E-state index in [4.69, 9.17) is 0 Å². The van der Waals surface area contributed by atoms with Crippen molar-refractivity contribution in [3.05, 3.63) is 45.5 Å². The fourth-order valence-corrected chi connectivity index (χ4v) is 3.97. The molecule has 0 radical (unpaired) electrons. The third-order valence-corrected chi connectivity index (χ3v) is 5.24. The van der Waals surface area contributed by atoms with Gasteiger partial charge in [-0.25, -0.2) is 0 Å². The first kappa shape index (κ1) is 17.6. The first-order valence-electron chi connectivity index (χ1n) is 9.17. The fraction of sp³-hybridized carbons (Fsp3) is 0.550. The summed E-state index contributed by atoms with van der Waals surface area (Å²) >= 11 is 0. The summed E-state index contributed by atoms with van der Waals surface area (Å²) in [6.07, 6.45) is 9.01. The number of hydrogen-bond acceptors (Lipinski definition) is 4. The second-order valence-electron chi connectivity index (χ2n) is 7.93. The highest BCUT2D eigenvalue weighted by Crippen LogP contribution is 2.33. The Morgan fingerprint density at radius 3 is 2.56 bits per heavy atom. The third kappa shape index (κ3) is 4.09. The number of nitro groups is 1. The molecule has 0 unspecified atom stereocenters. The van der Waals surface area contributed by atoms with E-state index in [1.165, 1.54) is 12.8 Å². The van der Waals surface area contributed by atoms with Gasteiger partial charge < -0.3 is 5.32 Å². The summed E-state index contributed by atoms with van der Waals surface area (Å²) in [6, 6.07) is 4.95. The minimum absolute atomic E-state index is 0.0630. The smallest absolute Gasteiger partial charge is 0.270 e. The molecule has 1 aromatic rings. The first-order chi connectivity index (χ1) is 11.9. The molecule has 0 amide bonds. The van der Waals surface area contributed by atoms with Crippen molar-refractivity contribution in [1.29, 1.82) is 0 Å². The van der Waals surface area contributed by atoms with Crippen molar-refractivity contribution in [2.75, 3.05) is 0 Å². The van der Waals surface area contributed by atoms with Gasteiger partial charge in [-0.3, -0.25) is 14.9 Å². The van der Waals surface area contributed by atoms with E-state index in [0.717, 1.165) is 48.9 Å². The number of nitrogens with zero attached hydrogens (tertiary/aromatic N) is 1. The standard InChI is InChI=1S/C20H26N2O3/c1-20(2)13-15-9-10-16(22(24)25)11-17(15)18(21-20)12-19(23)14-7-5-3-4-6-8-14/h9-12,14,21H,3-8,13H2,1-2H3/b18-12-. The van der Waals surface area contributed by atoms with Gasteiger partial charge >= 0.3 is 0 Å². The normalized spacial score (nSPS) is 21.9. The van der Waals surface area contributed by atoms with E-state index in [0.29, 0.717) is 0 Å². The van der Waals surface area contributed by atoms with Crippen LogP contribution in [0.1, 0.15) is 63.5 Å². The SMILES string of the molecule is CC1(C)Cc2ccc([N+](=O)[O-])cc2/C(=C/C(=O)C2CCCCCC2)N1. The number of allylic oxidation sites excluding steroid dienone is 1. The quantitative estimate of drug-likeness (QED) is 0.382. The Hall–Kier alpha value is -2.17. The Balaban J connectivity index is 1.95. The van der Waals surface area contributed by atoms with Gasteiger partial charge in [-0.2, -0.15) is 0 Å². The first-order valence-corrected chi connectivity index (χ1v) is 9.17. The predicted octanol–water partition coefficient (Wildman–Crippen LogP) is 4.40. The molecule has 1 N–H and O–H groups in total. The summed E-state index contributed by atoms with van der Waals surface area (Å²) in [4.78, 5) is 23.6. The average Bonchev–Trinajstić information content (AvgIpc) is 2.82. The van der Waals surface area contributed by atoms with Crippen LogP contribution in [0.2, 0.25) is 0 Å². The van der Waals surface area contributed by atoms with Crippen LogP contribution in [0.4, 0.5) is 5.69 Å². The van der Waals surface area contributed by atoms with Gasteiger partial charge in [0.2, 0.25) is 0 Å². The zero-order valence-corrected chi connectivity index (χ0v) is 15.0. The number of benzene rings is 1. The molecule has 2 aliphatic rings. The lowest BCUT2D eigenvalue weighted by Gasteiger charge is -2.35. The fourth-order valence-electron chi connectivity index (χ4n) is 3.97. The molecule has 134 valence electrons. The van der Waals surface area contributed by atoms with Crippen molar-refractivity contribution < 1.29 is 9.72 Å². The van der Waals surface area contributed by atoms with Crippen LogP contribution >= 0.6 is 0 Å². The monoisotopic (exact) mass is 342 g/mol. The van der Waals surface area contributed by atoms with E-state index in [1.807, 2.05) is 6.07 Å². The van der Waals surface area contributed by atoms with Gasteiger partial charge in [0.15, 0.2) is 5.78 Å². The molecule has 0 atom stereocenters. The summed E-state index contributed by atoms with van der Waals surface area (Å²) in [7, 11) is 0.